The van der Waals surface area contributed by atoms with E-state index in [0.29, 0.717) is 39.6 Å². The Bertz CT molecular complexity index is 1490. The van der Waals surface area contributed by atoms with Crippen LogP contribution in [0.25, 0.3) is 0 Å². The van der Waals surface area contributed by atoms with E-state index in [0.717, 1.165) is 18.4 Å². The molecule has 7 heteroatoms. The fourth-order valence-corrected chi connectivity index (χ4v) is 7.87. The standard InChI is InChI=1S/C29H24ClN3O3/c1-16-14-18(30)15-20-24(16)32-27(36)29(20)28(19-10-5-6-11-21(19)31-26(28)35)23(22-12-7-13-33(22)29)25(34)17-8-3-2-4-9-17/h2-6,8-11,14-15,22-23H,7,12-13H2,1H3,(H,31,35)(H,32,36)/t22-,23-,28-,29+/m1/s1. The third kappa shape index (κ3) is 2.34. The summed E-state index contributed by atoms with van der Waals surface area (Å²) < 4.78 is 0. The van der Waals surface area contributed by atoms with Crippen molar-refractivity contribution in [3.63, 3.8) is 0 Å². The lowest BCUT2D eigenvalue weighted by atomic mass is 9.57. The minimum absolute atomic E-state index is 0.115. The van der Waals surface area contributed by atoms with E-state index in [-0.39, 0.29) is 23.6 Å². The first-order valence-corrected chi connectivity index (χ1v) is 12.7. The van der Waals surface area contributed by atoms with Crippen molar-refractivity contribution in [1.29, 1.82) is 0 Å². The van der Waals surface area contributed by atoms with Gasteiger partial charge in [-0.15, -0.1) is 0 Å². The van der Waals surface area contributed by atoms with Crippen LogP contribution in [0.5, 0.6) is 0 Å². The summed E-state index contributed by atoms with van der Waals surface area (Å²) in [6.07, 6.45) is 1.57. The second-order valence-corrected chi connectivity index (χ2v) is 10.7. The number of anilines is 2. The van der Waals surface area contributed by atoms with Crippen molar-refractivity contribution in [3.8, 4) is 0 Å². The first-order chi connectivity index (χ1) is 17.4. The van der Waals surface area contributed by atoms with Crippen LogP contribution in [0.1, 0.15) is 39.9 Å². The van der Waals surface area contributed by atoms with Gasteiger partial charge in [0.05, 0.1) is 5.92 Å². The molecule has 0 saturated carbocycles. The highest BCUT2D eigenvalue weighted by Crippen LogP contribution is 2.68. The second kappa shape index (κ2) is 7.28. The SMILES string of the molecule is Cc1cc(Cl)cc2c1NC(=O)[C@@]21N2CCC[C@@H]2[C@H](C(=O)c2ccccc2)[C@]12C(=O)Nc1ccccc12. The summed E-state index contributed by atoms with van der Waals surface area (Å²) in [7, 11) is 0. The number of nitrogens with one attached hydrogen (secondary N) is 2. The molecule has 4 atom stereocenters. The Balaban J connectivity index is 1.62. The third-order valence-corrected chi connectivity index (χ3v) is 8.93. The molecule has 0 aliphatic carbocycles. The average Bonchev–Trinajstić information content (AvgIpc) is 3.59. The predicted octanol–water partition coefficient (Wildman–Crippen LogP) is 4.66. The zero-order valence-corrected chi connectivity index (χ0v) is 20.4. The number of fused-ring (bicyclic) bond motifs is 7. The number of amides is 2. The summed E-state index contributed by atoms with van der Waals surface area (Å²) in [5.74, 6) is -1.45. The fourth-order valence-electron chi connectivity index (χ4n) is 7.59. The Morgan fingerprint density at radius 2 is 1.72 bits per heavy atom. The highest BCUT2D eigenvalue weighted by Gasteiger charge is 2.81. The van der Waals surface area contributed by atoms with Crippen LogP contribution in [0.3, 0.4) is 0 Å². The molecule has 36 heavy (non-hydrogen) atoms. The molecule has 3 aromatic rings. The molecule has 3 aromatic carbocycles. The van der Waals surface area contributed by atoms with Crippen LogP contribution in [0.15, 0.2) is 66.7 Å². The van der Waals surface area contributed by atoms with Crippen LogP contribution in [0.2, 0.25) is 5.02 Å². The molecule has 2 amide bonds. The number of benzene rings is 3. The van der Waals surface area contributed by atoms with Gasteiger partial charge >= 0.3 is 0 Å². The van der Waals surface area contributed by atoms with Crippen LogP contribution in [0, 0.1) is 12.8 Å². The van der Waals surface area contributed by atoms with Gasteiger partial charge in [0, 0.05) is 33.6 Å². The lowest BCUT2D eigenvalue weighted by Gasteiger charge is -2.43. The molecule has 6 nitrogen and oxygen atoms in total. The van der Waals surface area contributed by atoms with Gasteiger partial charge < -0.3 is 10.6 Å². The van der Waals surface area contributed by atoms with Crippen LogP contribution in [-0.2, 0) is 20.5 Å². The molecule has 7 rings (SSSR count). The van der Waals surface area contributed by atoms with Crippen molar-refractivity contribution in [2.24, 2.45) is 5.92 Å². The fraction of sp³-hybridized carbons (Fsp3) is 0.276. The number of halogens is 1. The Hall–Kier alpha value is -3.48. The van der Waals surface area contributed by atoms with Crippen molar-refractivity contribution in [1.82, 2.24) is 4.90 Å². The predicted molar refractivity (Wildman–Crippen MR) is 137 cm³/mol. The normalized spacial score (nSPS) is 29.8. The minimum Gasteiger partial charge on any atom is -0.325 e. The van der Waals surface area contributed by atoms with Gasteiger partial charge in [-0.25, -0.2) is 0 Å². The van der Waals surface area contributed by atoms with Gasteiger partial charge in [0.25, 0.3) is 5.91 Å². The lowest BCUT2D eigenvalue weighted by Crippen LogP contribution is -2.62. The number of hydrogen-bond donors (Lipinski definition) is 2. The molecule has 180 valence electrons. The van der Waals surface area contributed by atoms with E-state index in [4.69, 9.17) is 11.6 Å². The Morgan fingerprint density at radius 1 is 0.972 bits per heavy atom. The highest BCUT2D eigenvalue weighted by atomic mass is 35.5. The molecule has 0 radical (unpaired) electrons. The first kappa shape index (κ1) is 21.8. The van der Waals surface area contributed by atoms with Gasteiger partial charge in [-0.3, -0.25) is 19.3 Å². The molecular weight excluding hydrogens is 474 g/mol. The topological polar surface area (TPSA) is 78.5 Å². The summed E-state index contributed by atoms with van der Waals surface area (Å²) in [5, 5.41) is 6.66. The number of ketones is 1. The summed E-state index contributed by atoms with van der Waals surface area (Å²) >= 11 is 6.58. The van der Waals surface area contributed by atoms with E-state index in [9.17, 15) is 14.4 Å². The molecule has 4 heterocycles. The maximum atomic E-state index is 14.4. The Labute approximate surface area is 213 Å². The van der Waals surface area contributed by atoms with E-state index >= 15 is 0 Å². The zero-order chi connectivity index (χ0) is 24.8. The molecule has 4 aliphatic rings. The molecule has 2 fully saturated rings. The third-order valence-electron chi connectivity index (χ3n) is 8.71. The number of nitrogens with zero attached hydrogens (tertiary/aromatic N) is 1. The number of carbonyl (C=O) groups excluding carboxylic acids is 3. The maximum absolute atomic E-state index is 14.4. The van der Waals surface area contributed by atoms with Gasteiger partial charge in [0.2, 0.25) is 5.91 Å². The van der Waals surface area contributed by atoms with Crippen molar-refractivity contribution in [3.05, 3.63) is 94.0 Å². The van der Waals surface area contributed by atoms with Crippen LogP contribution >= 0.6 is 11.6 Å². The molecule has 4 aliphatic heterocycles. The Kier molecular flexibility index (Phi) is 4.40. The highest BCUT2D eigenvalue weighted by molar-refractivity contribution is 6.31. The number of para-hydroxylation sites is 1. The van der Waals surface area contributed by atoms with E-state index in [1.807, 2.05) is 61.5 Å². The van der Waals surface area contributed by atoms with E-state index in [1.165, 1.54) is 0 Å². The van der Waals surface area contributed by atoms with Gasteiger partial charge in [0.1, 0.15) is 11.0 Å². The minimum atomic E-state index is -1.45. The molecule has 0 unspecified atom stereocenters. The second-order valence-electron chi connectivity index (χ2n) is 10.2. The van der Waals surface area contributed by atoms with Crippen molar-refractivity contribution in [2.45, 2.75) is 36.8 Å². The summed E-state index contributed by atoms with van der Waals surface area (Å²) in [6.45, 7) is 2.52. The van der Waals surface area contributed by atoms with Gasteiger partial charge in [-0.05, 0) is 55.6 Å². The van der Waals surface area contributed by atoms with E-state index < -0.39 is 16.9 Å². The van der Waals surface area contributed by atoms with E-state index in [1.54, 1.807) is 12.1 Å². The summed E-state index contributed by atoms with van der Waals surface area (Å²) in [4.78, 5) is 45.4. The quantitative estimate of drug-likeness (QED) is 0.505. The van der Waals surface area contributed by atoms with Crippen LogP contribution < -0.4 is 10.6 Å². The van der Waals surface area contributed by atoms with Crippen molar-refractivity contribution in [2.75, 3.05) is 17.2 Å². The molecule has 2 N–H and O–H groups in total. The number of rotatable bonds is 2. The number of hydrogen-bond acceptors (Lipinski definition) is 4. The monoisotopic (exact) mass is 497 g/mol. The average molecular weight is 498 g/mol. The smallest absolute Gasteiger partial charge is 0.251 e. The first-order valence-electron chi connectivity index (χ1n) is 12.3. The summed E-state index contributed by atoms with van der Waals surface area (Å²) in [6, 6.07) is 20.0. The lowest BCUT2D eigenvalue weighted by molar-refractivity contribution is -0.137. The largest absolute Gasteiger partial charge is 0.325 e. The van der Waals surface area contributed by atoms with Crippen LogP contribution in [-0.4, -0.2) is 35.1 Å². The molecule has 2 saturated heterocycles. The molecule has 0 aromatic heterocycles. The number of Topliss-reactive ketones (excluding diaryl/α,β-unsaturated/α-hetero) is 1. The molecule has 2 spiro atoms. The molecule has 0 bridgehead atoms. The summed E-state index contributed by atoms with van der Waals surface area (Å²) in [5.41, 5.74) is 1.23. The Morgan fingerprint density at radius 3 is 2.53 bits per heavy atom. The van der Waals surface area contributed by atoms with Gasteiger partial charge in [-0.2, -0.15) is 0 Å². The zero-order valence-electron chi connectivity index (χ0n) is 19.7. The van der Waals surface area contributed by atoms with Crippen LogP contribution in [0.4, 0.5) is 11.4 Å². The maximum Gasteiger partial charge on any atom is 0.251 e. The van der Waals surface area contributed by atoms with E-state index in [2.05, 4.69) is 15.5 Å². The van der Waals surface area contributed by atoms with Gasteiger partial charge in [0.15, 0.2) is 5.78 Å². The van der Waals surface area contributed by atoms with Crippen molar-refractivity contribution < 1.29 is 14.4 Å². The van der Waals surface area contributed by atoms with Crippen molar-refractivity contribution >= 4 is 40.6 Å². The van der Waals surface area contributed by atoms with Gasteiger partial charge in [-0.1, -0.05) is 60.1 Å². The molecular formula is C29H24ClN3O3. The number of aryl methyl sites for hydroxylation is 1. The number of carbonyl (C=O) groups is 3.